The number of hydrogen-bond acceptors (Lipinski definition) is 6. The van der Waals surface area contributed by atoms with Crippen LogP contribution in [0.15, 0.2) is 18.2 Å². The van der Waals surface area contributed by atoms with Crippen molar-refractivity contribution < 1.29 is 28.7 Å². The van der Waals surface area contributed by atoms with E-state index in [1.54, 1.807) is 0 Å². The van der Waals surface area contributed by atoms with Crippen molar-refractivity contribution in [2.45, 2.75) is 104 Å². The minimum absolute atomic E-state index is 0.00303. The third-order valence-electron chi connectivity index (χ3n) is 8.23. The molecule has 1 aromatic rings. The van der Waals surface area contributed by atoms with Crippen LogP contribution in [0.2, 0.25) is 0 Å². The van der Waals surface area contributed by atoms with Crippen LogP contribution in [0, 0.1) is 18.3 Å². The van der Waals surface area contributed by atoms with Gasteiger partial charge in [0.2, 0.25) is 17.7 Å². The quantitative estimate of drug-likeness (QED) is 0.450. The molecule has 0 bridgehead atoms. The van der Waals surface area contributed by atoms with Gasteiger partial charge in [-0.3, -0.25) is 24.5 Å². The predicted octanol–water partition coefficient (Wildman–Crippen LogP) is 4.42. The first-order chi connectivity index (χ1) is 17.8. The summed E-state index contributed by atoms with van der Waals surface area (Å²) in [5.41, 5.74) is 0.813. The number of imide groups is 1. The number of benzene rings is 1. The normalized spacial score (nSPS) is 25.9. The number of carbonyl (C=O) groups is 4. The van der Waals surface area contributed by atoms with Crippen molar-refractivity contribution in [3.63, 3.8) is 0 Å². The Morgan fingerprint density at radius 1 is 1.03 bits per heavy atom. The number of likely N-dealkylation sites (tertiary alicyclic amines) is 1. The molecule has 208 valence electrons. The molecule has 1 atom stereocenters. The molecule has 1 saturated carbocycles. The molecule has 8 heteroatoms. The van der Waals surface area contributed by atoms with E-state index < -0.39 is 11.0 Å². The van der Waals surface area contributed by atoms with Crippen LogP contribution in [0.1, 0.15) is 96.1 Å². The fraction of sp³-hybridized carbons (Fsp3) is 0.667. The molecule has 4 rings (SSSR count). The number of esters is 1. The van der Waals surface area contributed by atoms with Gasteiger partial charge in [-0.25, -0.2) is 0 Å². The van der Waals surface area contributed by atoms with Gasteiger partial charge in [0.25, 0.3) is 0 Å². The van der Waals surface area contributed by atoms with Gasteiger partial charge in [-0.2, -0.15) is 0 Å². The van der Waals surface area contributed by atoms with Crippen LogP contribution in [0.5, 0.6) is 5.75 Å². The molecule has 38 heavy (non-hydrogen) atoms. The van der Waals surface area contributed by atoms with Gasteiger partial charge in [0.05, 0.1) is 17.4 Å². The van der Waals surface area contributed by atoms with Crippen LogP contribution in [-0.4, -0.2) is 53.4 Å². The molecular weight excluding hydrogens is 484 g/mol. The number of piperidine rings is 2. The van der Waals surface area contributed by atoms with E-state index in [0.717, 1.165) is 42.6 Å². The Labute approximate surface area is 225 Å². The van der Waals surface area contributed by atoms with E-state index in [4.69, 9.17) is 9.47 Å². The highest BCUT2D eigenvalue weighted by molar-refractivity contribution is 6.00. The number of aryl methyl sites for hydroxylation is 1. The van der Waals surface area contributed by atoms with Crippen LogP contribution >= 0.6 is 0 Å². The van der Waals surface area contributed by atoms with Crippen molar-refractivity contribution in [1.29, 1.82) is 0 Å². The van der Waals surface area contributed by atoms with Gasteiger partial charge in [0, 0.05) is 25.4 Å². The Kier molecular flexibility index (Phi) is 8.19. The number of rotatable bonds is 5. The molecule has 0 unspecified atom stereocenters. The largest absolute Gasteiger partial charge is 0.490 e. The lowest BCUT2D eigenvalue weighted by Gasteiger charge is -2.40. The van der Waals surface area contributed by atoms with E-state index in [9.17, 15) is 19.2 Å². The summed E-state index contributed by atoms with van der Waals surface area (Å²) in [6, 6.07) is 5.81. The Morgan fingerprint density at radius 3 is 2.26 bits per heavy atom. The number of nitrogens with zero attached hydrogens (tertiary/aromatic N) is 1. The number of hydrogen-bond donors (Lipinski definition) is 1. The topological polar surface area (TPSA) is 102 Å². The summed E-state index contributed by atoms with van der Waals surface area (Å²) >= 11 is 0. The van der Waals surface area contributed by atoms with Crippen molar-refractivity contribution in [3.05, 3.63) is 29.3 Å². The lowest BCUT2D eigenvalue weighted by Crippen LogP contribution is -2.49. The minimum atomic E-state index is -0.540. The molecule has 3 fully saturated rings. The zero-order chi connectivity index (χ0) is 27.7. The maximum absolute atomic E-state index is 13.2. The first-order valence-electron chi connectivity index (χ1n) is 14.0. The van der Waals surface area contributed by atoms with Gasteiger partial charge in [-0.15, -0.1) is 0 Å². The molecule has 0 radical (unpaired) electrons. The molecule has 3 amide bonds. The number of nitrogens with one attached hydrogen (secondary N) is 1. The second kappa shape index (κ2) is 11.1. The van der Waals surface area contributed by atoms with Crippen molar-refractivity contribution in [1.82, 2.24) is 10.2 Å². The zero-order valence-corrected chi connectivity index (χ0v) is 23.4. The molecule has 2 aliphatic heterocycles. The lowest BCUT2D eigenvalue weighted by molar-refractivity contribution is -0.171. The van der Waals surface area contributed by atoms with Gasteiger partial charge in [0.15, 0.2) is 0 Å². The van der Waals surface area contributed by atoms with Crippen molar-refractivity contribution in [2.24, 2.45) is 11.3 Å². The summed E-state index contributed by atoms with van der Waals surface area (Å²) in [6.07, 6.45) is 5.39. The summed E-state index contributed by atoms with van der Waals surface area (Å²) in [7, 11) is 0. The number of amides is 3. The Morgan fingerprint density at radius 2 is 1.68 bits per heavy atom. The summed E-state index contributed by atoms with van der Waals surface area (Å²) in [5, 5.41) is 2.42. The molecule has 2 heterocycles. The van der Waals surface area contributed by atoms with E-state index in [1.807, 2.05) is 57.7 Å². The van der Waals surface area contributed by atoms with Crippen molar-refractivity contribution in [2.75, 3.05) is 13.1 Å². The van der Waals surface area contributed by atoms with Gasteiger partial charge in [-0.1, -0.05) is 12.1 Å². The first kappa shape index (κ1) is 28.1. The molecule has 1 N–H and O–H groups in total. The molecule has 3 aliphatic rings. The third kappa shape index (κ3) is 6.56. The predicted molar refractivity (Wildman–Crippen MR) is 142 cm³/mol. The Bertz CT molecular complexity index is 1070. The van der Waals surface area contributed by atoms with Gasteiger partial charge >= 0.3 is 5.97 Å². The Balaban J connectivity index is 1.25. The van der Waals surface area contributed by atoms with E-state index in [2.05, 4.69) is 5.32 Å². The Hall–Kier alpha value is -2.90. The smallest absolute Gasteiger partial charge is 0.312 e. The SMILES string of the molecule is Cc1cc([C@H]2CCC(=O)NC2=O)ccc1OC1CCC(C(=O)N2CCC(C)(C(=O)OC(C)(C)C)CC2)CC1. The molecule has 1 aromatic carbocycles. The average molecular weight is 527 g/mol. The standard InChI is InChI=1S/C30H42N2O6/c1-19-18-21(23-11-13-25(33)31-26(23)34)8-12-24(19)37-22-9-6-20(7-10-22)27(35)32-16-14-30(5,15-17-32)28(36)38-29(2,3)4/h8,12,18,20,22-23H,6-7,9-11,13-17H2,1-5H3,(H,31,33,34)/t20?,22?,23-/m1/s1. The van der Waals surface area contributed by atoms with E-state index in [1.165, 1.54) is 0 Å². The zero-order valence-electron chi connectivity index (χ0n) is 23.4. The van der Waals surface area contributed by atoms with Crippen LogP contribution in [0.25, 0.3) is 0 Å². The van der Waals surface area contributed by atoms with Gasteiger partial charge in [0.1, 0.15) is 11.4 Å². The fourth-order valence-corrected chi connectivity index (χ4v) is 5.72. The van der Waals surface area contributed by atoms with Crippen molar-refractivity contribution in [3.8, 4) is 5.75 Å². The molecule has 2 saturated heterocycles. The van der Waals surface area contributed by atoms with Crippen molar-refractivity contribution >= 4 is 23.7 Å². The summed E-state index contributed by atoms with van der Waals surface area (Å²) in [6.45, 7) is 10.7. The number of carbonyl (C=O) groups excluding carboxylic acids is 4. The van der Waals surface area contributed by atoms with Gasteiger partial charge < -0.3 is 14.4 Å². The maximum Gasteiger partial charge on any atom is 0.312 e. The minimum Gasteiger partial charge on any atom is -0.490 e. The summed E-state index contributed by atoms with van der Waals surface area (Å²) in [4.78, 5) is 51.5. The second-order valence-corrected chi connectivity index (χ2v) is 12.5. The van der Waals surface area contributed by atoms with Crippen LogP contribution in [0.3, 0.4) is 0 Å². The van der Waals surface area contributed by atoms with E-state index in [0.29, 0.717) is 38.8 Å². The first-order valence-corrected chi connectivity index (χ1v) is 14.0. The lowest BCUT2D eigenvalue weighted by atomic mass is 9.79. The maximum atomic E-state index is 13.2. The summed E-state index contributed by atoms with van der Waals surface area (Å²) < 4.78 is 11.9. The molecule has 8 nitrogen and oxygen atoms in total. The molecule has 0 spiro atoms. The highest BCUT2D eigenvalue weighted by Crippen LogP contribution is 2.36. The fourth-order valence-electron chi connectivity index (χ4n) is 5.72. The summed E-state index contributed by atoms with van der Waals surface area (Å²) in [5.74, 6) is 0.0652. The van der Waals surface area contributed by atoms with Gasteiger partial charge in [-0.05, 0) is 96.8 Å². The molecule has 0 aromatic heterocycles. The average Bonchev–Trinajstić information content (AvgIpc) is 2.85. The molecule has 1 aliphatic carbocycles. The van der Waals surface area contributed by atoms with E-state index in [-0.39, 0.29) is 41.6 Å². The van der Waals surface area contributed by atoms with Crippen LogP contribution < -0.4 is 10.1 Å². The van der Waals surface area contributed by atoms with E-state index >= 15 is 0 Å². The molecular formula is C30H42N2O6. The number of ether oxygens (including phenoxy) is 2. The van der Waals surface area contributed by atoms with Crippen LogP contribution in [0.4, 0.5) is 0 Å². The highest BCUT2D eigenvalue weighted by atomic mass is 16.6. The highest BCUT2D eigenvalue weighted by Gasteiger charge is 2.42. The van der Waals surface area contributed by atoms with Crippen LogP contribution in [-0.2, 0) is 23.9 Å². The third-order valence-corrected chi connectivity index (χ3v) is 8.23. The monoisotopic (exact) mass is 526 g/mol. The second-order valence-electron chi connectivity index (χ2n) is 12.5.